The quantitative estimate of drug-likeness (QED) is 0.399. The molecule has 110 valence electrons. The van der Waals surface area contributed by atoms with Crippen molar-refractivity contribution in [3.05, 3.63) is 22.3 Å². The first-order valence-electron chi connectivity index (χ1n) is 8.70. The van der Waals surface area contributed by atoms with E-state index >= 15 is 0 Å². The molecule has 0 spiro atoms. The molecule has 0 amide bonds. The Morgan fingerprint density at radius 2 is 1.37 bits per heavy atom. The van der Waals surface area contributed by atoms with Crippen LogP contribution in [0.15, 0.2) is 22.3 Å². The first-order chi connectivity index (χ1) is 9.28. The van der Waals surface area contributed by atoms with Gasteiger partial charge in [0.05, 0.1) is 0 Å². The van der Waals surface area contributed by atoms with Crippen LogP contribution >= 0.6 is 0 Å². The number of hydrogen-bond acceptors (Lipinski definition) is 0. The Morgan fingerprint density at radius 1 is 0.789 bits per heavy atom. The average Bonchev–Trinajstić information content (AvgIpc) is 2.42. The van der Waals surface area contributed by atoms with Crippen LogP contribution in [0.2, 0.25) is 0 Å². The van der Waals surface area contributed by atoms with Crippen molar-refractivity contribution in [1.82, 2.24) is 0 Å². The Morgan fingerprint density at radius 3 is 1.84 bits per heavy atom. The third-order valence-corrected chi connectivity index (χ3v) is 4.32. The van der Waals surface area contributed by atoms with Crippen LogP contribution in [0.3, 0.4) is 0 Å². The third-order valence-electron chi connectivity index (χ3n) is 4.32. The van der Waals surface area contributed by atoms with E-state index in [1.807, 2.05) is 5.57 Å². The smallest absolute Gasteiger partial charge is 0.00589 e. The summed E-state index contributed by atoms with van der Waals surface area (Å²) in [5.74, 6) is 0. The van der Waals surface area contributed by atoms with Crippen LogP contribution in [-0.2, 0) is 0 Å². The highest BCUT2D eigenvalue weighted by Gasteiger charge is 2.24. The second kappa shape index (κ2) is 9.39. The van der Waals surface area contributed by atoms with E-state index in [1.54, 1.807) is 16.7 Å². The van der Waals surface area contributed by atoms with Crippen molar-refractivity contribution in [2.24, 2.45) is 0 Å². The molecule has 0 aromatic heterocycles. The molecule has 0 heteroatoms. The topological polar surface area (TPSA) is 0 Å². The molecule has 0 N–H and O–H groups in total. The van der Waals surface area contributed by atoms with Gasteiger partial charge in [-0.2, -0.15) is 0 Å². The van der Waals surface area contributed by atoms with E-state index in [9.17, 15) is 0 Å². The van der Waals surface area contributed by atoms with E-state index < -0.39 is 0 Å². The molecule has 1 rings (SSSR count). The van der Waals surface area contributed by atoms with E-state index in [0.29, 0.717) is 0 Å². The lowest BCUT2D eigenvalue weighted by atomic mass is 9.74. The summed E-state index contributed by atoms with van der Waals surface area (Å²) >= 11 is 0. The zero-order chi connectivity index (χ0) is 14.1. The molecule has 0 nitrogen and oxygen atoms in total. The van der Waals surface area contributed by atoms with Gasteiger partial charge < -0.3 is 0 Å². The molecule has 0 bridgehead atoms. The second-order valence-electron chi connectivity index (χ2n) is 6.05. The largest absolute Gasteiger partial charge is 0.0664 e. The van der Waals surface area contributed by atoms with Crippen LogP contribution in [-0.4, -0.2) is 0 Å². The maximum atomic E-state index is 2.32. The standard InChI is InChI=1S/C19H34/c1-5-9-13-16(14-10-6-2)19-15-17(11-7-3)18(19)12-8-4/h5-15H2,1-4H3. The Bertz CT molecular complexity index is 307. The Hall–Kier alpha value is -0.520. The molecule has 19 heavy (non-hydrogen) atoms. The fraction of sp³-hybridized carbons (Fsp3) is 0.789. The van der Waals surface area contributed by atoms with Crippen LogP contribution in [0.4, 0.5) is 0 Å². The van der Waals surface area contributed by atoms with Crippen LogP contribution in [0.1, 0.15) is 98.3 Å². The van der Waals surface area contributed by atoms with Gasteiger partial charge in [0.2, 0.25) is 0 Å². The molecule has 0 saturated carbocycles. The minimum Gasteiger partial charge on any atom is -0.0664 e. The Kier molecular flexibility index (Phi) is 8.18. The van der Waals surface area contributed by atoms with Crippen molar-refractivity contribution >= 4 is 0 Å². The van der Waals surface area contributed by atoms with Crippen molar-refractivity contribution in [3.8, 4) is 0 Å². The molecular weight excluding hydrogens is 228 g/mol. The second-order valence-corrected chi connectivity index (χ2v) is 6.05. The van der Waals surface area contributed by atoms with Gasteiger partial charge in [0.1, 0.15) is 0 Å². The summed E-state index contributed by atoms with van der Waals surface area (Å²) in [6.45, 7) is 9.26. The predicted octanol–water partition coefficient (Wildman–Crippen LogP) is 6.96. The van der Waals surface area contributed by atoms with E-state index in [2.05, 4.69) is 27.7 Å². The molecule has 0 radical (unpaired) electrons. The van der Waals surface area contributed by atoms with Gasteiger partial charge in [0, 0.05) is 0 Å². The van der Waals surface area contributed by atoms with Crippen molar-refractivity contribution < 1.29 is 0 Å². The lowest BCUT2D eigenvalue weighted by molar-refractivity contribution is 0.679. The Labute approximate surface area is 121 Å². The van der Waals surface area contributed by atoms with Gasteiger partial charge in [-0.25, -0.2) is 0 Å². The van der Waals surface area contributed by atoms with Crippen molar-refractivity contribution in [1.29, 1.82) is 0 Å². The normalized spacial score (nSPS) is 14.8. The first kappa shape index (κ1) is 16.5. The summed E-state index contributed by atoms with van der Waals surface area (Å²) in [6.07, 6.45) is 14.8. The summed E-state index contributed by atoms with van der Waals surface area (Å²) in [5, 5.41) is 0. The highest BCUT2D eigenvalue weighted by molar-refractivity contribution is 5.51. The van der Waals surface area contributed by atoms with E-state index in [0.717, 1.165) is 0 Å². The lowest BCUT2D eigenvalue weighted by Crippen LogP contribution is -2.12. The zero-order valence-corrected chi connectivity index (χ0v) is 13.8. The van der Waals surface area contributed by atoms with Gasteiger partial charge in [-0.1, -0.05) is 64.5 Å². The van der Waals surface area contributed by atoms with Crippen LogP contribution < -0.4 is 0 Å². The van der Waals surface area contributed by atoms with Crippen molar-refractivity contribution in [2.45, 2.75) is 98.3 Å². The van der Waals surface area contributed by atoms with Crippen LogP contribution in [0.25, 0.3) is 0 Å². The molecule has 0 atom stereocenters. The number of allylic oxidation sites excluding steroid dienone is 4. The maximum Gasteiger partial charge on any atom is -0.00589 e. The van der Waals surface area contributed by atoms with Gasteiger partial charge in [-0.15, -0.1) is 0 Å². The summed E-state index contributed by atoms with van der Waals surface area (Å²) in [7, 11) is 0. The maximum absolute atomic E-state index is 2.32. The molecule has 0 saturated heterocycles. The van der Waals surface area contributed by atoms with Gasteiger partial charge in [-0.3, -0.25) is 0 Å². The molecular formula is C19H34. The first-order valence-corrected chi connectivity index (χ1v) is 8.70. The highest BCUT2D eigenvalue weighted by Crippen LogP contribution is 2.43. The lowest BCUT2D eigenvalue weighted by Gasteiger charge is -2.31. The van der Waals surface area contributed by atoms with Gasteiger partial charge in [0.25, 0.3) is 0 Å². The molecule has 0 fully saturated rings. The minimum atomic E-state index is 1.31. The molecule has 0 aromatic carbocycles. The van der Waals surface area contributed by atoms with Crippen molar-refractivity contribution in [2.75, 3.05) is 0 Å². The van der Waals surface area contributed by atoms with Crippen LogP contribution in [0, 0.1) is 0 Å². The molecule has 0 unspecified atom stereocenters. The fourth-order valence-electron chi connectivity index (χ4n) is 3.20. The SMILES string of the molecule is CCCCC(CCCC)=C1CC(CCC)=C1CCC. The Balaban J connectivity index is 2.82. The number of rotatable bonds is 10. The molecule has 0 aliphatic heterocycles. The van der Waals surface area contributed by atoms with Crippen molar-refractivity contribution in [3.63, 3.8) is 0 Å². The van der Waals surface area contributed by atoms with E-state index in [-0.39, 0.29) is 0 Å². The predicted molar refractivity (Wildman–Crippen MR) is 87.5 cm³/mol. The summed E-state index contributed by atoms with van der Waals surface area (Å²) < 4.78 is 0. The highest BCUT2D eigenvalue weighted by atomic mass is 14.3. The van der Waals surface area contributed by atoms with E-state index in [4.69, 9.17) is 0 Å². The van der Waals surface area contributed by atoms with Crippen LogP contribution in [0.5, 0.6) is 0 Å². The van der Waals surface area contributed by atoms with Gasteiger partial charge in [-0.05, 0) is 56.1 Å². The fourth-order valence-corrected chi connectivity index (χ4v) is 3.20. The molecule has 0 aromatic rings. The van der Waals surface area contributed by atoms with E-state index in [1.165, 1.54) is 70.6 Å². The third kappa shape index (κ3) is 4.82. The summed E-state index contributed by atoms with van der Waals surface area (Å²) in [4.78, 5) is 0. The number of unbranched alkanes of at least 4 members (excludes halogenated alkanes) is 2. The van der Waals surface area contributed by atoms with Gasteiger partial charge >= 0.3 is 0 Å². The van der Waals surface area contributed by atoms with Gasteiger partial charge in [0.15, 0.2) is 0 Å². The monoisotopic (exact) mass is 262 g/mol. The summed E-state index contributed by atoms with van der Waals surface area (Å²) in [6, 6.07) is 0. The average molecular weight is 262 g/mol. The summed E-state index contributed by atoms with van der Waals surface area (Å²) in [5.41, 5.74) is 7.15. The molecule has 1 aliphatic carbocycles. The molecule has 1 aliphatic rings. The molecule has 0 heterocycles. The number of hydrogen-bond donors (Lipinski definition) is 0. The zero-order valence-electron chi connectivity index (χ0n) is 13.8. The minimum absolute atomic E-state index is 1.31.